The highest BCUT2D eigenvalue weighted by atomic mass is 32.2. The number of aliphatic hydroxyl groups is 1. The number of likely N-dealkylation sites (tertiary alicyclic amines) is 1. The van der Waals surface area contributed by atoms with E-state index in [1.165, 1.54) is 26.7 Å². The summed E-state index contributed by atoms with van der Waals surface area (Å²) in [5.74, 6) is 0. The van der Waals surface area contributed by atoms with Crippen LogP contribution in [0.5, 0.6) is 0 Å². The number of benzene rings is 2. The third-order valence-electron chi connectivity index (χ3n) is 5.19. The summed E-state index contributed by atoms with van der Waals surface area (Å²) in [5.41, 5.74) is 3.99. The van der Waals surface area contributed by atoms with E-state index in [1.807, 2.05) is 11.8 Å². The Bertz CT molecular complexity index is 740. The van der Waals surface area contributed by atoms with Gasteiger partial charge in [-0.3, -0.25) is 0 Å². The van der Waals surface area contributed by atoms with E-state index >= 15 is 0 Å². The fourth-order valence-corrected chi connectivity index (χ4v) is 4.85. The zero-order valence-electron chi connectivity index (χ0n) is 14.8. The van der Waals surface area contributed by atoms with Crippen molar-refractivity contribution in [2.75, 3.05) is 31.1 Å². The van der Waals surface area contributed by atoms with Gasteiger partial charge in [0.15, 0.2) is 0 Å². The maximum Gasteiger partial charge on any atom is 0.0564 e. The third-order valence-corrected chi connectivity index (χ3v) is 6.32. The van der Waals surface area contributed by atoms with Gasteiger partial charge in [0.05, 0.1) is 17.5 Å². The summed E-state index contributed by atoms with van der Waals surface area (Å²) in [7, 11) is 0. The van der Waals surface area contributed by atoms with Crippen LogP contribution in [0.25, 0.3) is 0 Å². The fraction of sp³-hybridized carbons (Fsp3) is 0.429. The average molecular weight is 355 g/mol. The van der Waals surface area contributed by atoms with Gasteiger partial charge in [0.1, 0.15) is 0 Å². The smallest absolute Gasteiger partial charge is 0.0564 e. The van der Waals surface area contributed by atoms with Gasteiger partial charge in [-0.25, -0.2) is 0 Å². The molecule has 3 nitrogen and oxygen atoms in total. The molecule has 132 valence electrons. The molecule has 2 aliphatic heterocycles. The van der Waals surface area contributed by atoms with E-state index < -0.39 is 0 Å². The first-order chi connectivity index (χ1) is 12.2. The number of nitrogens with zero attached hydrogens (tertiary/aromatic N) is 2. The molecule has 1 saturated heterocycles. The predicted molar refractivity (Wildman–Crippen MR) is 105 cm³/mol. The maximum absolute atomic E-state index is 9.66. The zero-order chi connectivity index (χ0) is 17.2. The van der Waals surface area contributed by atoms with Crippen LogP contribution in [0.1, 0.15) is 24.8 Å². The molecule has 2 aromatic rings. The van der Waals surface area contributed by atoms with Gasteiger partial charge >= 0.3 is 0 Å². The van der Waals surface area contributed by atoms with Crippen LogP contribution in [0, 0.1) is 6.92 Å². The molecule has 25 heavy (non-hydrogen) atoms. The standard InChI is InChI=1S/C21H26N2OS/c1-16-7-8-21-19(15-16)23(18-5-2-3-6-20(18)25-21)12-4-11-22-13-9-17(24)10-14-22/h2-3,5-8,15,17,24H,4,9-14H2,1H3. The molecule has 0 atom stereocenters. The molecule has 0 saturated carbocycles. The molecule has 2 aliphatic rings. The van der Waals surface area contributed by atoms with Gasteiger partial charge in [0.2, 0.25) is 0 Å². The van der Waals surface area contributed by atoms with Crippen molar-refractivity contribution >= 4 is 23.1 Å². The van der Waals surface area contributed by atoms with Crippen molar-refractivity contribution in [3.63, 3.8) is 0 Å². The second kappa shape index (κ2) is 7.40. The van der Waals surface area contributed by atoms with Crippen molar-refractivity contribution in [3.8, 4) is 0 Å². The van der Waals surface area contributed by atoms with Gasteiger partial charge in [-0.15, -0.1) is 0 Å². The monoisotopic (exact) mass is 354 g/mol. The normalized spacial score (nSPS) is 18.1. The van der Waals surface area contributed by atoms with E-state index in [9.17, 15) is 5.11 Å². The van der Waals surface area contributed by atoms with Crippen LogP contribution >= 0.6 is 11.8 Å². The topological polar surface area (TPSA) is 26.7 Å². The fourth-order valence-electron chi connectivity index (χ4n) is 3.78. The van der Waals surface area contributed by atoms with E-state index in [0.29, 0.717) is 0 Å². The Morgan fingerprint density at radius 2 is 1.76 bits per heavy atom. The first kappa shape index (κ1) is 17.0. The molecule has 4 rings (SSSR count). The first-order valence-electron chi connectivity index (χ1n) is 9.26. The quantitative estimate of drug-likeness (QED) is 0.878. The molecule has 2 heterocycles. The van der Waals surface area contributed by atoms with Crippen LogP contribution in [0.3, 0.4) is 0 Å². The van der Waals surface area contributed by atoms with Crippen molar-refractivity contribution in [2.24, 2.45) is 0 Å². The van der Waals surface area contributed by atoms with Gasteiger partial charge in [-0.2, -0.15) is 0 Å². The van der Waals surface area contributed by atoms with Gasteiger partial charge < -0.3 is 14.9 Å². The van der Waals surface area contributed by atoms with E-state index in [1.54, 1.807) is 0 Å². The molecular formula is C21H26N2OS. The van der Waals surface area contributed by atoms with Crippen molar-refractivity contribution in [1.29, 1.82) is 0 Å². The Morgan fingerprint density at radius 1 is 1.00 bits per heavy atom. The summed E-state index contributed by atoms with van der Waals surface area (Å²) in [4.78, 5) is 7.69. The number of piperidine rings is 1. The minimum Gasteiger partial charge on any atom is -0.393 e. The van der Waals surface area contributed by atoms with Gasteiger partial charge in [-0.1, -0.05) is 30.0 Å². The number of hydrogen-bond acceptors (Lipinski definition) is 4. The Balaban J connectivity index is 1.49. The highest BCUT2D eigenvalue weighted by Crippen LogP contribution is 2.48. The average Bonchev–Trinajstić information content (AvgIpc) is 2.63. The van der Waals surface area contributed by atoms with Crippen LogP contribution in [-0.2, 0) is 0 Å². The number of fused-ring (bicyclic) bond motifs is 2. The largest absolute Gasteiger partial charge is 0.393 e. The molecule has 1 fully saturated rings. The van der Waals surface area contributed by atoms with Crippen LogP contribution in [0.2, 0.25) is 0 Å². The maximum atomic E-state index is 9.66. The number of aliphatic hydroxyl groups excluding tert-OH is 1. The molecule has 2 aromatic carbocycles. The number of anilines is 2. The summed E-state index contributed by atoms with van der Waals surface area (Å²) in [5, 5.41) is 9.66. The van der Waals surface area contributed by atoms with E-state index in [2.05, 4.69) is 59.2 Å². The zero-order valence-corrected chi connectivity index (χ0v) is 15.6. The molecular weight excluding hydrogens is 328 g/mol. The Morgan fingerprint density at radius 3 is 2.60 bits per heavy atom. The lowest BCUT2D eigenvalue weighted by Crippen LogP contribution is -2.37. The second-order valence-electron chi connectivity index (χ2n) is 7.12. The lowest BCUT2D eigenvalue weighted by molar-refractivity contribution is 0.0824. The minimum atomic E-state index is -0.0860. The molecule has 0 amide bonds. The summed E-state index contributed by atoms with van der Waals surface area (Å²) >= 11 is 1.88. The van der Waals surface area contributed by atoms with Gasteiger partial charge in [0, 0.05) is 29.4 Å². The lowest BCUT2D eigenvalue weighted by Gasteiger charge is -2.34. The lowest BCUT2D eigenvalue weighted by atomic mass is 10.1. The highest BCUT2D eigenvalue weighted by Gasteiger charge is 2.23. The third kappa shape index (κ3) is 3.71. The summed E-state index contributed by atoms with van der Waals surface area (Å²) in [6.45, 7) is 6.38. The molecule has 0 spiro atoms. The van der Waals surface area contributed by atoms with Crippen molar-refractivity contribution in [3.05, 3.63) is 48.0 Å². The van der Waals surface area contributed by atoms with Crippen LogP contribution in [0.4, 0.5) is 11.4 Å². The SMILES string of the molecule is Cc1ccc2c(c1)N(CCCN1CCC(O)CC1)c1ccccc1S2. The van der Waals surface area contributed by atoms with E-state index in [0.717, 1.165) is 45.4 Å². The molecule has 0 unspecified atom stereocenters. The number of rotatable bonds is 4. The highest BCUT2D eigenvalue weighted by molar-refractivity contribution is 7.99. The van der Waals surface area contributed by atoms with Crippen molar-refractivity contribution in [2.45, 2.75) is 42.1 Å². The molecule has 0 aromatic heterocycles. The Labute approximate surface area is 154 Å². The first-order valence-corrected chi connectivity index (χ1v) is 10.1. The van der Waals surface area contributed by atoms with Gasteiger partial charge in [0.25, 0.3) is 0 Å². The predicted octanol–water partition coefficient (Wildman–Crippen LogP) is 4.44. The van der Waals surface area contributed by atoms with Crippen LogP contribution in [-0.4, -0.2) is 42.3 Å². The molecule has 4 heteroatoms. The molecule has 0 bridgehead atoms. The summed E-state index contributed by atoms with van der Waals surface area (Å²) < 4.78 is 0. The van der Waals surface area contributed by atoms with E-state index in [-0.39, 0.29) is 6.10 Å². The molecule has 1 N–H and O–H groups in total. The minimum absolute atomic E-state index is 0.0860. The Hall–Kier alpha value is -1.49. The molecule has 0 aliphatic carbocycles. The van der Waals surface area contributed by atoms with Crippen molar-refractivity contribution < 1.29 is 5.11 Å². The second-order valence-corrected chi connectivity index (χ2v) is 8.20. The summed E-state index contributed by atoms with van der Waals surface area (Å²) in [6.07, 6.45) is 2.90. The Kier molecular flexibility index (Phi) is 5.02. The summed E-state index contributed by atoms with van der Waals surface area (Å²) in [6, 6.07) is 15.5. The molecule has 0 radical (unpaired) electrons. The van der Waals surface area contributed by atoms with Gasteiger partial charge in [-0.05, 0) is 62.6 Å². The number of para-hydroxylation sites is 1. The number of hydrogen-bond donors (Lipinski definition) is 1. The van der Waals surface area contributed by atoms with Crippen molar-refractivity contribution in [1.82, 2.24) is 4.90 Å². The van der Waals surface area contributed by atoms with Crippen LogP contribution in [0.15, 0.2) is 52.3 Å². The number of aryl methyl sites for hydroxylation is 1. The van der Waals surface area contributed by atoms with E-state index in [4.69, 9.17) is 0 Å². The van der Waals surface area contributed by atoms with Crippen LogP contribution < -0.4 is 4.90 Å².